The van der Waals surface area contributed by atoms with Crippen molar-refractivity contribution in [3.05, 3.63) is 74.7 Å². The first kappa shape index (κ1) is 27.6. The molecule has 11 heteroatoms. The fraction of sp³-hybridized carbons (Fsp3) is 0.320. The topological polar surface area (TPSA) is 105 Å². The number of halogens is 2. The second-order valence-corrected chi connectivity index (χ2v) is 11.3. The van der Waals surface area contributed by atoms with E-state index in [0.29, 0.717) is 28.3 Å². The van der Waals surface area contributed by atoms with Crippen molar-refractivity contribution in [1.82, 2.24) is 9.88 Å². The van der Waals surface area contributed by atoms with Gasteiger partial charge in [0.1, 0.15) is 12.4 Å². The molecule has 0 aliphatic carbocycles. The van der Waals surface area contributed by atoms with E-state index in [1.54, 1.807) is 44.4 Å². The van der Waals surface area contributed by atoms with E-state index < -0.39 is 16.8 Å². The van der Waals surface area contributed by atoms with Gasteiger partial charge in [-0.2, -0.15) is 0 Å². The number of hydrogen-bond acceptors (Lipinski definition) is 6. The van der Waals surface area contributed by atoms with E-state index in [9.17, 15) is 9.18 Å². The first-order chi connectivity index (χ1) is 16.8. The highest BCUT2D eigenvalue weighted by molar-refractivity contribution is 7.80. The second kappa shape index (κ2) is 11.0. The van der Waals surface area contributed by atoms with Gasteiger partial charge >= 0.3 is 5.97 Å². The summed E-state index contributed by atoms with van der Waals surface area (Å²) in [5, 5.41) is 16.3. The van der Waals surface area contributed by atoms with Crippen molar-refractivity contribution in [2.75, 3.05) is 17.7 Å². The van der Waals surface area contributed by atoms with Crippen LogP contribution < -0.4 is 21.2 Å². The van der Waals surface area contributed by atoms with E-state index in [-0.39, 0.29) is 22.7 Å². The summed E-state index contributed by atoms with van der Waals surface area (Å²) in [6.07, 6.45) is 1.83. The molecule has 192 valence electrons. The number of aromatic nitrogens is 1. The highest BCUT2D eigenvalue weighted by Gasteiger charge is 2.33. The first-order valence-corrected chi connectivity index (χ1v) is 12.7. The van der Waals surface area contributed by atoms with Crippen molar-refractivity contribution < 1.29 is 13.9 Å². The van der Waals surface area contributed by atoms with Crippen LogP contribution in [0.5, 0.6) is 0 Å². The molecule has 1 atom stereocenters. The molecule has 36 heavy (non-hydrogen) atoms. The molecule has 1 aromatic heterocycles. The van der Waals surface area contributed by atoms with Crippen molar-refractivity contribution in [1.29, 1.82) is 5.41 Å². The number of hydrogen-bond donors (Lipinski definition) is 4. The van der Waals surface area contributed by atoms with Crippen LogP contribution in [-0.4, -0.2) is 22.3 Å². The minimum absolute atomic E-state index is 0.0572. The van der Waals surface area contributed by atoms with Gasteiger partial charge in [0.15, 0.2) is 9.91 Å². The zero-order valence-corrected chi connectivity index (χ0v) is 22.8. The summed E-state index contributed by atoms with van der Waals surface area (Å²) in [4.78, 5) is 12.9. The minimum Gasteiger partial charge on any atom is -0.462 e. The van der Waals surface area contributed by atoms with Crippen LogP contribution in [0, 0.1) is 16.6 Å². The molecule has 1 unspecified atom stereocenters. The maximum absolute atomic E-state index is 13.8. The van der Waals surface area contributed by atoms with Gasteiger partial charge in [-0.05, 0) is 69.2 Å². The Morgan fingerprint density at radius 1 is 1.28 bits per heavy atom. The van der Waals surface area contributed by atoms with E-state index in [1.807, 2.05) is 23.7 Å². The van der Waals surface area contributed by atoms with E-state index >= 15 is 0 Å². The quantitative estimate of drug-likeness (QED) is 0.182. The van der Waals surface area contributed by atoms with Crippen LogP contribution in [0.2, 0.25) is 5.02 Å². The van der Waals surface area contributed by atoms with E-state index in [2.05, 4.69) is 10.6 Å². The van der Waals surface area contributed by atoms with E-state index in [4.69, 9.17) is 39.7 Å². The fourth-order valence-corrected chi connectivity index (χ4v) is 4.45. The Balaban J connectivity index is 1.83. The molecule has 0 amide bonds. The number of carbonyl (C=O) groups excluding carboxylic acids is 1. The van der Waals surface area contributed by atoms with Gasteiger partial charge in [0.25, 0.3) is 0 Å². The van der Waals surface area contributed by atoms with Crippen molar-refractivity contribution in [2.45, 2.75) is 39.8 Å². The van der Waals surface area contributed by atoms with Crippen molar-refractivity contribution in [3.8, 4) is 0 Å². The van der Waals surface area contributed by atoms with Crippen molar-refractivity contribution in [2.24, 2.45) is 5.41 Å². The molecule has 2 aromatic carbocycles. The molecule has 3 rings (SSSR count). The average molecular weight is 550 g/mol. The summed E-state index contributed by atoms with van der Waals surface area (Å²) >= 11 is 12.9. The lowest BCUT2D eigenvalue weighted by Crippen LogP contribution is -2.49. The Morgan fingerprint density at radius 3 is 2.61 bits per heavy atom. The lowest BCUT2D eigenvalue weighted by molar-refractivity contribution is -0.155. The highest BCUT2D eigenvalue weighted by atomic mass is 35.5. The van der Waals surface area contributed by atoms with Crippen LogP contribution >= 0.6 is 35.2 Å². The molecule has 5 N–H and O–H groups in total. The van der Waals surface area contributed by atoms with Crippen LogP contribution in [-0.2, 0) is 21.6 Å². The Morgan fingerprint density at radius 2 is 2.00 bits per heavy atom. The number of esters is 1. The van der Waals surface area contributed by atoms with Gasteiger partial charge in [-0.1, -0.05) is 29.8 Å². The minimum atomic E-state index is -1.03. The molecule has 0 aliphatic rings. The SMILES string of the molecule is CC(C)(C)C(=O)OCC(C)(NC(=S)Nc1cccc(Cn2ccsc2=N)c1N)c1ccc(F)c(Cl)c1. The largest absolute Gasteiger partial charge is 0.462 e. The third kappa shape index (κ3) is 6.63. The van der Waals surface area contributed by atoms with Gasteiger partial charge < -0.3 is 25.7 Å². The molecule has 3 aromatic rings. The lowest BCUT2D eigenvalue weighted by Gasteiger charge is -2.33. The molecule has 0 aliphatic heterocycles. The molecule has 0 fully saturated rings. The molecule has 7 nitrogen and oxygen atoms in total. The average Bonchev–Trinajstić information content (AvgIpc) is 3.20. The number of thiocarbonyl (C=S) groups is 1. The smallest absolute Gasteiger partial charge is 0.311 e. The van der Waals surface area contributed by atoms with Gasteiger partial charge in [-0.15, -0.1) is 11.3 Å². The Kier molecular flexibility index (Phi) is 8.43. The zero-order chi connectivity index (χ0) is 26.7. The van der Waals surface area contributed by atoms with Crippen LogP contribution in [0.3, 0.4) is 0 Å². The molecule has 0 bridgehead atoms. The monoisotopic (exact) mass is 549 g/mol. The fourth-order valence-electron chi connectivity index (χ4n) is 3.33. The predicted molar refractivity (Wildman–Crippen MR) is 147 cm³/mol. The number of nitrogens with two attached hydrogens (primary N) is 1. The normalized spacial score (nSPS) is 13.1. The van der Waals surface area contributed by atoms with E-state index in [0.717, 1.165) is 5.56 Å². The number of nitrogens with one attached hydrogen (secondary N) is 3. The standard InChI is InChI=1S/C25H29ClFN5O2S2/c1-24(2,3)21(33)34-14-25(4,16-8-9-18(27)17(26)12-16)31-23(35)30-19-7-5-6-15(20(19)28)13-32-10-11-36-22(32)29/h5-12,29H,13-14,28H2,1-4H3,(H2,30,31,35). The summed E-state index contributed by atoms with van der Waals surface area (Å²) in [7, 11) is 0. The Labute approximate surface area is 223 Å². The highest BCUT2D eigenvalue weighted by Crippen LogP contribution is 2.28. The molecular formula is C25H29ClFN5O2S2. The lowest BCUT2D eigenvalue weighted by atomic mass is 9.92. The number of carbonyl (C=O) groups is 1. The Hall–Kier alpha value is -2.95. The molecule has 0 saturated carbocycles. The van der Waals surface area contributed by atoms with Crippen molar-refractivity contribution >= 4 is 57.6 Å². The number of ether oxygens (including phenoxy) is 1. The maximum atomic E-state index is 13.8. The van der Waals surface area contributed by atoms with Crippen molar-refractivity contribution in [3.63, 3.8) is 0 Å². The molecular weight excluding hydrogens is 521 g/mol. The van der Waals surface area contributed by atoms with E-state index in [1.165, 1.54) is 23.5 Å². The maximum Gasteiger partial charge on any atom is 0.311 e. The van der Waals surface area contributed by atoms with Crippen LogP contribution in [0.25, 0.3) is 0 Å². The van der Waals surface area contributed by atoms with Gasteiger partial charge in [-0.25, -0.2) is 4.39 Å². The summed E-state index contributed by atoms with van der Waals surface area (Å²) < 4.78 is 21.2. The first-order valence-electron chi connectivity index (χ1n) is 11.1. The van der Waals surface area contributed by atoms with Gasteiger partial charge in [0.2, 0.25) is 0 Å². The number of rotatable bonds is 7. The zero-order valence-electron chi connectivity index (χ0n) is 20.4. The Bertz CT molecular complexity index is 1330. The molecule has 1 heterocycles. The summed E-state index contributed by atoms with van der Waals surface area (Å²) in [5.74, 6) is -0.946. The summed E-state index contributed by atoms with van der Waals surface area (Å²) in [6.45, 7) is 7.42. The van der Waals surface area contributed by atoms with Gasteiger partial charge in [0, 0.05) is 11.6 Å². The molecule has 0 spiro atoms. The van der Waals surface area contributed by atoms with Gasteiger partial charge in [0.05, 0.1) is 33.9 Å². The number of para-hydroxylation sites is 1. The number of nitrogens with zero attached hydrogens (tertiary/aromatic N) is 1. The second-order valence-electron chi connectivity index (χ2n) is 9.58. The molecule has 0 saturated heterocycles. The third-order valence-corrected chi connectivity index (χ3v) is 6.73. The number of thiazole rings is 1. The number of benzene rings is 2. The number of anilines is 2. The van der Waals surface area contributed by atoms with Crippen LogP contribution in [0.1, 0.15) is 38.8 Å². The van der Waals surface area contributed by atoms with Crippen LogP contribution in [0.15, 0.2) is 48.0 Å². The summed E-state index contributed by atoms with van der Waals surface area (Å²) in [6, 6.07) is 9.81. The van der Waals surface area contributed by atoms with Crippen LogP contribution in [0.4, 0.5) is 15.8 Å². The number of nitrogen functional groups attached to an aromatic ring is 1. The summed E-state index contributed by atoms with van der Waals surface area (Å²) in [5.41, 5.74) is 7.16. The predicted octanol–water partition coefficient (Wildman–Crippen LogP) is 5.24. The molecule has 0 radical (unpaired) electrons. The van der Waals surface area contributed by atoms with Gasteiger partial charge in [-0.3, -0.25) is 10.2 Å². The third-order valence-electron chi connectivity index (χ3n) is 5.52.